The van der Waals surface area contributed by atoms with Crippen LogP contribution in [0.25, 0.3) is 0 Å². The lowest BCUT2D eigenvalue weighted by Gasteiger charge is -2.23. The molecule has 0 amide bonds. The molecule has 0 radical (unpaired) electrons. The fourth-order valence-corrected chi connectivity index (χ4v) is 2.45. The molecule has 0 aromatic heterocycles. The van der Waals surface area contributed by atoms with Crippen molar-refractivity contribution in [2.24, 2.45) is 0 Å². The van der Waals surface area contributed by atoms with Crippen molar-refractivity contribution in [2.75, 3.05) is 24.6 Å². The second-order valence-electron chi connectivity index (χ2n) is 5.62. The van der Waals surface area contributed by atoms with Crippen molar-refractivity contribution in [1.82, 2.24) is 0 Å². The number of carbonyl (C=O) groups excluding carboxylic acids is 2. The summed E-state index contributed by atoms with van der Waals surface area (Å²) in [4.78, 5) is 25.9. The van der Waals surface area contributed by atoms with Crippen molar-refractivity contribution >= 4 is 17.4 Å². The van der Waals surface area contributed by atoms with E-state index in [0.717, 1.165) is 12.2 Å². The molecule has 0 spiro atoms. The third-order valence-corrected chi connectivity index (χ3v) is 3.79. The molecule has 0 heterocycles. The molecule has 0 fully saturated rings. The van der Waals surface area contributed by atoms with Crippen molar-refractivity contribution in [1.29, 1.82) is 0 Å². The highest BCUT2D eigenvalue weighted by Crippen LogP contribution is 2.16. The van der Waals surface area contributed by atoms with Gasteiger partial charge in [-0.05, 0) is 31.5 Å². The minimum atomic E-state index is -0.356. The topological polar surface area (TPSA) is 46.6 Å². The van der Waals surface area contributed by atoms with Gasteiger partial charge >= 0.3 is 5.97 Å². The molecule has 4 nitrogen and oxygen atoms in total. The van der Waals surface area contributed by atoms with Crippen molar-refractivity contribution in [3.8, 4) is 0 Å². The van der Waals surface area contributed by atoms with Crippen LogP contribution in [0.1, 0.15) is 29.3 Å². The molecule has 0 atom stereocenters. The van der Waals surface area contributed by atoms with E-state index in [1.54, 1.807) is 24.3 Å². The number of hydrogen-bond donors (Lipinski definition) is 0. The summed E-state index contributed by atoms with van der Waals surface area (Å²) in [6.45, 7) is 5.25. The second kappa shape index (κ2) is 8.87. The minimum Gasteiger partial charge on any atom is -0.457 e. The maximum atomic E-state index is 11.9. The van der Waals surface area contributed by atoms with Crippen molar-refractivity contribution in [3.05, 3.63) is 65.7 Å². The first-order valence-corrected chi connectivity index (χ1v) is 8.15. The van der Waals surface area contributed by atoms with E-state index < -0.39 is 0 Å². The molecule has 0 aliphatic carbocycles. The molecule has 126 valence electrons. The monoisotopic (exact) mass is 325 g/mol. The van der Waals surface area contributed by atoms with Gasteiger partial charge in [0.15, 0.2) is 12.4 Å². The number of ketones is 1. The van der Waals surface area contributed by atoms with Crippen LogP contribution in [0.5, 0.6) is 0 Å². The lowest BCUT2D eigenvalue weighted by atomic mass is 10.1. The Labute approximate surface area is 143 Å². The average molecular weight is 325 g/mol. The maximum Gasteiger partial charge on any atom is 0.308 e. The van der Waals surface area contributed by atoms with E-state index in [0.29, 0.717) is 12.1 Å². The average Bonchev–Trinajstić information content (AvgIpc) is 2.61. The van der Waals surface area contributed by atoms with Gasteiger partial charge in [-0.1, -0.05) is 42.5 Å². The van der Waals surface area contributed by atoms with Crippen LogP contribution in [0.4, 0.5) is 5.69 Å². The van der Waals surface area contributed by atoms with Crippen LogP contribution in [-0.4, -0.2) is 31.4 Å². The van der Waals surface area contributed by atoms with Crippen LogP contribution in [0.3, 0.4) is 0 Å². The number of rotatable bonds is 8. The van der Waals surface area contributed by atoms with Crippen LogP contribution in [-0.2, 0) is 9.53 Å². The van der Waals surface area contributed by atoms with Gasteiger partial charge in [0.1, 0.15) is 0 Å². The smallest absolute Gasteiger partial charge is 0.308 e. The highest BCUT2D eigenvalue weighted by molar-refractivity contribution is 5.97. The van der Waals surface area contributed by atoms with Crippen LogP contribution in [0.15, 0.2) is 54.6 Å². The number of benzene rings is 2. The summed E-state index contributed by atoms with van der Waals surface area (Å²) in [7, 11) is 0. The predicted molar refractivity (Wildman–Crippen MR) is 95.4 cm³/mol. The molecule has 0 N–H and O–H groups in total. The highest BCUT2D eigenvalue weighted by atomic mass is 16.5. The van der Waals surface area contributed by atoms with Crippen LogP contribution >= 0.6 is 0 Å². The summed E-state index contributed by atoms with van der Waals surface area (Å²) in [5, 5.41) is 0. The van der Waals surface area contributed by atoms with Crippen LogP contribution in [0, 0.1) is 6.92 Å². The van der Waals surface area contributed by atoms with E-state index in [1.807, 2.05) is 38.1 Å². The molecule has 0 unspecified atom stereocenters. The first-order chi connectivity index (χ1) is 11.6. The molecule has 24 heavy (non-hydrogen) atoms. The highest BCUT2D eigenvalue weighted by Gasteiger charge is 2.12. The summed E-state index contributed by atoms with van der Waals surface area (Å²) in [5.74, 6) is -0.541. The van der Waals surface area contributed by atoms with E-state index in [-0.39, 0.29) is 24.8 Å². The quantitative estimate of drug-likeness (QED) is 0.549. The molecular formula is C20H23NO3. The van der Waals surface area contributed by atoms with Gasteiger partial charge in [0.2, 0.25) is 0 Å². The first kappa shape index (κ1) is 17.7. The number of carbonyl (C=O) groups is 2. The Bertz CT molecular complexity index is 682. The number of Topliss-reactive ketones (excluding diaryl/α,β-unsaturated/α-hetero) is 1. The van der Waals surface area contributed by atoms with Crippen molar-refractivity contribution in [2.45, 2.75) is 20.3 Å². The van der Waals surface area contributed by atoms with Crippen molar-refractivity contribution in [3.63, 3.8) is 0 Å². The van der Waals surface area contributed by atoms with Crippen molar-refractivity contribution < 1.29 is 14.3 Å². The molecule has 0 saturated heterocycles. The van der Waals surface area contributed by atoms with E-state index in [2.05, 4.69) is 11.0 Å². The Balaban J connectivity index is 1.80. The van der Waals surface area contributed by atoms with Gasteiger partial charge in [-0.2, -0.15) is 0 Å². The molecule has 0 aliphatic heterocycles. The van der Waals surface area contributed by atoms with Gasteiger partial charge in [0, 0.05) is 24.3 Å². The van der Waals surface area contributed by atoms with Gasteiger partial charge in [0.25, 0.3) is 0 Å². The predicted octanol–water partition coefficient (Wildman–Crippen LogP) is 3.64. The Morgan fingerprint density at radius 1 is 1.04 bits per heavy atom. The number of hydrogen-bond acceptors (Lipinski definition) is 4. The Hall–Kier alpha value is -2.62. The Kier molecular flexibility index (Phi) is 6.55. The molecule has 4 heteroatoms. The third-order valence-electron chi connectivity index (χ3n) is 3.79. The molecule has 2 aromatic carbocycles. The van der Waals surface area contributed by atoms with E-state index >= 15 is 0 Å². The zero-order chi connectivity index (χ0) is 17.4. The number of aryl methyl sites for hydroxylation is 1. The second-order valence-corrected chi connectivity index (χ2v) is 5.62. The minimum absolute atomic E-state index is 0.185. The Morgan fingerprint density at radius 3 is 2.46 bits per heavy atom. The SMILES string of the molecule is CCN(CCC(=O)OCC(=O)c1ccccc1)c1cccc(C)c1. The molecule has 0 saturated carbocycles. The summed E-state index contributed by atoms with van der Waals surface area (Å²) in [6.07, 6.45) is 0.254. The summed E-state index contributed by atoms with van der Waals surface area (Å²) < 4.78 is 5.10. The van der Waals surface area contributed by atoms with Crippen LogP contribution < -0.4 is 4.90 Å². The van der Waals surface area contributed by atoms with E-state index in [9.17, 15) is 9.59 Å². The van der Waals surface area contributed by atoms with Gasteiger partial charge < -0.3 is 9.64 Å². The van der Waals surface area contributed by atoms with Gasteiger partial charge in [-0.3, -0.25) is 9.59 Å². The normalized spacial score (nSPS) is 10.2. The fourth-order valence-electron chi connectivity index (χ4n) is 2.45. The summed E-state index contributed by atoms with van der Waals surface area (Å²) >= 11 is 0. The number of esters is 1. The lowest BCUT2D eigenvalue weighted by Crippen LogP contribution is -2.27. The number of anilines is 1. The van der Waals surface area contributed by atoms with Gasteiger partial charge in [-0.15, -0.1) is 0 Å². The van der Waals surface area contributed by atoms with E-state index in [4.69, 9.17) is 4.74 Å². The zero-order valence-corrected chi connectivity index (χ0v) is 14.2. The molecule has 0 aliphatic rings. The summed E-state index contributed by atoms with van der Waals surface area (Å²) in [6, 6.07) is 17.0. The molecule has 0 bridgehead atoms. The van der Waals surface area contributed by atoms with Crippen LogP contribution in [0.2, 0.25) is 0 Å². The molecular weight excluding hydrogens is 302 g/mol. The zero-order valence-electron chi connectivity index (χ0n) is 14.2. The van der Waals surface area contributed by atoms with Gasteiger partial charge in [0.05, 0.1) is 6.42 Å². The Morgan fingerprint density at radius 2 is 1.79 bits per heavy atom. The first-order valence-electron chi connectivity index (χ1n) is 8.15. The molecule has 2 rings (SSSR count). The van der Waals surface area contributed by atoms with Gasteiger partial charge in [-0.25, -0.2) is 0 Å². The number of ether oxygens (including phenoxy) is 1. The fraction of sp³-hybridized carbons (Fsp3) is 0.300. The standard InChI is InChI=1S/C20H23NO3/c1-3-21(18-11-7-8-16(2)14-18)13-12-20(23)24-15-19(22)17-9-5-4-6-10-17/h4-11,14H,3,12-13,15H2,1-2H3. The largest absolute Gasteiger partial charge is 0.457 e. The maximum absolute atomic E-state index is 11.9. The number of nitrogens with zero attached hydrogens (tertiary/aromatic N) is 1. The van der Waals surface area contributed by atoms with E-state index in [1.165, 1.54) is 5.56 Å². The summed E-state index contributed by atoms with van der Waals surface area (Å²) in [5.41, 5.74) is 2.83. The lowest BCUT2D eigenvalue weighted by molar-refractivity contribution is -0.142. The molecule has 2 aromatic rings. The third kappa shape index (κ3) is 5.23.